The van der Waals surface area contributed by atoms with Gasteiger partial charge in [0.2, 0.25) is 15.9 Å². The van der Waals surface area contributed by atoms with E-state index >= 15 is 0 Å². The Bertz CT molecular complexity index is 1200. The number of carbonyl (C=O) groups is 1. The fourth-order valence-corrected chi connectivity index (χ4v) is 6.30. The van der Waals surface area contributed by atoms with Crippen molar-refractivity contribution in [3.05, 3.63) is 59.2 Å². The monoisotopic (exact) mass is 492 g/mol. The van der Waals surface area contributed by atoms with E-state index in [2.05, 4.69) is 0 Å². The lowest BCUT2D eigenvalue weighted by Gasteiger charge is -2.32. The van der Waals surface area contributed by atoms with Crippen LogP contribution in [0.2, 0.25) is 0 Å². The summed E-state index contributed by atoms with van der Waals surface area (Å²) < 4.78 is 60.0. The van der Waals surface area contributed by atoms with Gasteiger partial charge in [0.25, 0.3) is 0 Å². The second-order valence-electron chi connectivity index (χ2n) is 9.38. The van der Waals surface area contributed by atoms with Gasteiger partial charge < -0.3 is 9.64 Å². The van der Waals surface area contributed by atoms with Crippen molar-refractivity contribution in [2.24, 2.45) is 0 Å². The van der Waals surface area contributed by atoms with Crippen LogP contribution in [0.4, 0.5) is 8.78 Å². The van der Waals surface area contributed by atoms with Crippen molar-refractivity contribution in [3.8, 4) is 5.75 Å². The lowest BCUT2D eigenvalue weighted by atomic mass is 10.0. The van der Waals surface area contributed by atoms with E-state index in [0.717, 1.165) is 35.4 Å². The summed E-state index contributed by atoms with van der Waals surface area (Å²) in [7, 11) is -4.06. The Morgan fingerprint density at radius 2 is 1.79 bits per heavy atom. The molecule has 6 nitrogen and oxygen atoms in total. The molecule has 9 heteroatoms. The Hall–Kier alpha value is -2.52. The first kappa shape index (κ1) is 24.6. The van der Waals surface area contributed by atoms with Crippen LogP contribution < -0.4 is 4.74 Å². The normalized spacial score (nSPS) is 21.7. The molecule has 34 heavy (non-hydrogen) atoms. The second kappa shape index (κ2) is 9.26. The van der Waals surface area contributed by atoms with Gasteiger partial charge in [-0.15, -0.1) is 0 Å². The average molecular weight is 493 g/mol. The molecule has 1 amide bonds. The second-order valence-corrected chi connectivity index (χ2v) is 11.3. The van der Waals surface area contributed by atoms with E-state index in [4.69, 9.17) is 4.74 Å². The van der Waals surface area contributed by atoms with Gasteiger partial charge in [-0.25, -0.2) is 17.2 Å². The average Bonchev–Trinajstić information content (AvgIpc) is 3.33. The number of amides is 1. The fraction of sp³-hybridized carbons (Fsp3) is 0.480. The molecule has 0 aliphatic carbocycles. The van der Waals surface area contributed by atoms with Gasteiger partial charge in [0.15, 0.2) is 0 Å². The minimum absolute atomic E-state index is 0.0537. The quantitative estimate of drug-likeness (QED) is 0.409. The number of hydrogen-bond donors (Lipinski definition) is 0. The maximum Gasteiger partial charge on any atom is 0.249 e. The molecule has 4 rings (SSSR count). The van der Waals surface area contributed by atoms with Crippen molar-refractivity contribution in [2.75, 3.05) is 19.7 Å². The summed E-state index contributed by atoms with van der Waals surface area (Å²) >= 11 is 0. The van der Waals surface area contributed by atoms with E-state index in [1.54, 1.807) is 0 Å². The zero-order valence-electron chi connectivity index (χ0n) is 19.7. The Balaban J connectivity index is 1.30. The van der Waals surface area contributed by atoms with Crippen molar-refractivity contribution in [1.29, 1.82) is 0 Å². The van der Waals surface area contributed by atoms with Crippen LogP contribution in [0.5, 0.6) is 5.75 Å². The van der Waals surface area contributed by atoms with Crippen LogP contribution in [-0.4, -0.2) is 54.8 Å². The molecule has 1 unspecified atom stereocenters. The number of rotatable bonds is 8. The first-order valence-corrected chi connectivity index (χ1v) is 13.0. The smallest absolute Gasteiger partial charge is 0.249 e. The van der Waals surface area contributed by atoms with Gasteiger partial charge in [-0.1, -0.05) is 12.1 Å². The molecule has 0 spiro atoms. The largest absolute Gasteiger partial charge is 0.493 e. The third-order valence-electron chi connectivity index (χ3n) is 6.87. The Morgan fingerprint density at radius 3 is 2.47 bits per heavy atom. The topological polar surface area (TPSA) is 66.7 Å². The molecule has 2 aliphatic rings. The highest BCUT2D eigenvalue weighted by Gasteiger charge is 2.60. The summed E-state index contributed by atoms with van der Waals surface area (Å²) in [6.45, 7) is 6.81. The predicted molar refractivity (Wildman–Crippen MR) is 124 cm³/mol. The molecule has 0 aromatic heterocycles. The SMILES string of the molecule is Cc1ccc(C)c(OCCCC2(C)C(=O)N2C2CCN(S(=O)(=O)c3ccc(F)cc3F)CC2)c1. The number of benzene rings is 2. The Labute approximate surface area is 199 Å². The molecule has 1 atom stereocenters. The highest BCUT2D eigenvalue weighted by atomic mass is 32.2. The molecule has 0 N–H and O–H groups in total. The van der Waals surface area contributed by atoms with Gasteiger partial charge >= 0.3 is 0 Å². The number of aryl methyl sites for hydroxylation is 2. The van der Waals surface area contributed by atoms with Crippen molar-refractivity contribution in [1.82, 2.24) is 9.21 Å². The van der Waals surface area contributed by atoms with Crippen molar-refractivity contribution < 1.29 is 26.7 Å². The van der Waals surface area contributed by atoms with E-state index in [1.807, 2.05) is 43.9 Å². The summed E-state index contributed by atoms with van der Waals surface area (Å²) in [5.74, 6) is -0.992. The van der Waals surface area contributed by atoms with Gasteiger partial charge in [-0.2, -0.15) is 4.31 Å². The van der Waals surface area contributed by atoms with E-state index in [0.29, 0.717) is 31.9 Å². The van der Waals surface area contributed by atoms with Gasteiger partial charge in [0, 0.05) is 25.2 Å². The van der Waals surface area contributed by atoms with E-state index in [9.17, 15) is 22.0 Å². The molecule has 0 bridgehead atoms. The summed E-state index contributed by atoms with van der Waals surface area (Å²) in [5.41, 5.74) is 1.65. The van der Waals surface area contributed by atoms with Crippen LogP contribution in [0.25, 0.3) is 0 Å². The summed E-state index contributed by atoms with van der Waals surface area (Å²) in [6.07, 6.45) is 2.34. The maximum atomic E-state index is 14.1. The highest BCUT2D eigenvalue weighted by Crippen LogP contribution is 2.43. The molecular weight excluding hydrogens is 462 g/mol. The molecule has 2 heterocycles. The van der Waals surface area contributed by atoms with Crippen LogP contribution >= 0.6 is 0 Å². The molecule has 2 fully saturated rings. The van der Waals surface area contributed by atoms with Crippen LogP contribution in [0.3, 0.4) is 0 Å². The minimum Gasteiger partial charge on any atom is -0.493 e. The number of sulfonamides is 1. The highest BCUT2D eigenvalue weighted by molar-refractivity contribution is 7.89. The zero-order chi connectivity index (χ0) is 24.7. The van der Waals surface area contributed by atoms with E-state index < -0.39 is 32.1 Å². The molecule has 0 radical (unpaired) electrons. The van der Waals surface area contributed by atoms with Gasteiger partial charge in [-0.05, 0) is 75.8 Å². The molecule has 2 aromatic rings. The molecule has 2 saturated heterocycles. The minimum atomic E-state index is -4.06. The zero-order valence-corrected chi connectivity index (χ0v) is 20.5. The number of halogens is 2. The Morgan fingerprint density at radius 1 is 1.09 bits per heavy atom. The number of nitrogens with zero attached hydrogens (tertiary/aromatic N) is 2. The Kier molecular flexibility index (Phi) is 6.70. The molecule has 184 valence electrons. The number of hydrogen-bond acceptors (Lipinski definition) is 4. The number of ether oxygens (including phenoxy) is 1. The first-order valence-electron chi connectivity index (χ1n) is 11.5. The molecule has 2 aliphatic heterocycles. The number of piperidine rings is 1. The number of carbonyl (C=O) groups excluding carboxylic acids is 1. The molecule has 0 saturated carbocycles. The lowest BCUT2D eigenvalue weighted by molar-refractivity contribution is -0.115. The van der Waals surface area contributed by atoms with E-state index in [1.165, 1.54) is 4.31 Å². The van der Waals surface area contributed by atoms with Gasteiger partial charge in [0.1, 0.15) is 27.8 Å². The van der Waals surface area contributed by atoms with Crippen LogP contribution in [0, 0.1) is 25.5 Å². The third-order valence-corrected chi connectivity index (χ3v) is 8.80. The standard InChI is InChI=1S/C25H30F2N2O4S/c1-17-5-6-18(2)22(15-17)33-14-4-11-25(3)24(30)29(25)20-9-12-28(13-10-20)34(31,32)23-8-7-19(26)16-21(23)27/h5-8,15-16,20H,4,9-14H2,1-3H3. The van der Waals surface area contributed by atoms with Crippen LogP contribution in [-0.2, 0) is 14.8 Å². The van der Waals surface area contributed by atoms with Crippen LogP contribution in [0.1, 0.15) is 43.7 Å². The van der Waals surface area contributed by atoms with Crippen molar-refractivity contribution in [3.63, 3.8) is 0 Å². The summed E-state index contributed by atoms with van der Waals surface area (Å²) in [6, 6.07) is 8.48. The van der Waals surface area contributed by atoms with Crippen LogP contribution in [0.15, 0.2) is 41.3 Å². The predicted octanol–water partition coefficient (Wildman–Crippen LogP) is 4.19. The lowest BCUT2D eigenvalue weighted by Crippen LogP contribution is -2.43. The molecular formula is C25H30F2N2O4S. The fourth-order valence-electron chi connectivity index (χ4n) is 4.78. The van der Waals surface area contributed by atoms with Gasteiger partial charge in [0.05, 0.1) is 6.61 Å². The summed E-state index contributed by atoms with van der Waals surface area (Å²) in [5, 5.41) is 0. The maximum absolute atomic E-state index is 14.1. The van der Waals surface area contributed by atoms with Crippen molar-refractivity contribution in [2.45, 2.75) is 62.9 Å². The van der Waals surface area contributed by atoms with E-state index in [-0.39, 0.29) is 25.0 Å². The molecule has 2 aromatic carbocycles. The summed E-state index contributed by atoms with van der Waals surface area (Å²) in [4.78, 5) is 14.0. The van der Waals surface area contributed by atoms with Gasteiger partial charge in [-0.3, -0.25) is 4.79 Å². The first-order chi connectivity index (χ1) is 16.0. The third kappa shape index (κ3) is 4.68. The van der Waals surface area contributed by atoms with Crippen molar-refractivity contribution >= 4 is 15.9 Å².